The standard InChI is InChI=1S/C12H7ClFNO3/c13-9-3-2-8(14)5-10(9)15-6-7(12(17)18)1-4-11(15)16/h1-6H,(H,17,18). The van der Waals surface area contributed by atoms with Crippen molar-refractivity contribution < 1.29 is 14.3 Å². The summed E-state index contributed by atoms with van der Waals surface area (Å²) in [6, 6.07) is 5.78. The molecule has 0 radical (unpaired) electrons. The Hall–Kier alpha value is -2.14. The lowest BCUT2D eigenvalue weighted by atomic mass is 10.2. The molecule has 1 aromatic carbocycles. The molecule has 0 amide bonds. The molecular formula is C12H7ClFNO3. The zero-order valence-electron chi connectivity index (χ0n) is 8.93. The number of nitrogens with zero attached hydrogens (tertiary/aromatic N) is 1. The first-order valence-electron chi connectivity index (χ1n) is 4.90. The maximum absolute atomic E-state index is 13.1. The van der Waals surface area contributed by atoms with E-state index in [4.69, 9.17) is 16.7 Å². The van der Waals surface area contributed by atoms with Crippen LogP contribution in [0.2, 0.25) is 5.02 Å². The predicted molar refractivity (Wildman–Crippen MR) is 64.0 cm³/mol. The molecule has 1 heterocycles. The van der Waals surface area contributed by atoms with Gasteiger partial charge in [-0.15, -0.1) is 0 Å². The normalized spacial score (nSPS) is 10.3. The van der Waals surface area contributed by atoms with Crippen LogP contribution in [-0.2, 0) is 0 Å². The molecule has 0 aliphatic rings. The lowest BCUT2D eigenvalue weighted by Crippen LogP contribution is -2.18. The molecule has 18 heavy (non-hydrogen) atoms. The molecule has 0 atom stereocenters. The number of carboxylic acid groups (broad SMARTS) is 1. The highest BCUT2D eigenvalue weighted by Gasteiger charge is 2.10. The Morgan fingerprint density at radius 2 is 2.00 bits per heavy atom. The molecule has 0 spiro atoms. The van der Waals surface area contributed by atoms with E-state index in [0.717, 1.165) is 29.0 Å². The number of rotatable bonds is 2. The molecule has 2 rings (SSSR count). The molecule has 0 bridgehead atoms. The molecule has 4 nitrogen and oxygen atoms in total. The van der Waals surface area contributed by atoms with Gasteiger partial charge in [-0.2, -0.15) is 0 Å². The summed E-state index contributed by atoms with van der Waals surface area (Å²) in [6.45, 7) is 0. The number of carboxylic acids is 1. The minimum absolute atomic E-state index is 0.0880. The van der Waals surface area contributed by atoms with Crippen molar-refractivity contribution >= 4 is 17.6 Å². The SMILES string of the molecule is O=C(O)c1ccc(=O)n(-c2cc(F)ccc2Cl)c1. The molecule has 0 aliphatic carbocycles. The minimum Gasteiger partial charge on any atom is -0.478 e. The van der Waals surface area contributed by atoms with Crippen molar-refractivity contribution in [3.05, 3.63) is 63.3 Å². The van der Waals surface area contributed by atoms with E-state index < -0.39 is 17.3 Å². The first-order chi connectivity index (χ1) is 8.49. The van der Waals surface area contributed by atoms with Crippen LogP contribution in [0, 0.1) is 5.82 Å². The van der Waals surface area contributed by atoms with Gasteiger partial charge in [0, 0.05) is 12.3 Å². The smallest absolute Gasteiger partial charge is 0.337 e. The Morgan fingerprint density at radius 3 is 2.67 bits per heavy atom. The Labute approximate surface area is 106 Å². The minimum atomic E-state index is -1.18. The number of hydrogen-bond acceptors (Lipinski definition) is 2. The van der Waals surface area contributed by atoms with Gasteiger partial charge >= 0.3 is 5.97 Å². The average Bonchev–Trinajstić information content (AvgIpc) is 2.33. The van der Waals surface area contributed by atoms with E-state index in [0.29, 0.717) is 0 Å². The van der Waals surface area contributed by atoms with Crippen LogP contribution in [-0.4, -0.2) is 15.6 Å². The fourth-order valence-corrected chi connectivity index (χ4v) is 1.68. The van der Waals surface area contributed by atoms with Gasteiger partial charge in [0.15, 0.2) is 0 Å². The summed E-state index contributed by atoms with van der Waals surface area (Å²) in [4.78, 5) is 22.5. The predicted octanol–water partition coefficient (Wildman–Crippen LogP) is 2.33. The van der Waals surface area contributed by atoms with Crippen LogP contribution in [0.5, 0.6) is 0 Å². The summed E-state index contributed by atoms with van der Waals surface area (Å²) in [5.41, 5.74) is -0.479. The van der Waals surface area contributed by atoms with Crippen molar-refractivity contribution in [3.63, 3.8) is 0 Å². The van der Waals surface area contributed by atoms with Crippen LogP contribution < -0.4 is 5.56 Å². The van der Waals surface area contributed by atoms with Gasteiger partial charge in [-0.05, 0) is 24.3 Å². The van der Waals surface area contributed by atoms with Crippen molar-refractivity contribution in [2.75, 3.05) is 0 Å². The van der Waals surface area contributed by atoms with Crippen LogP contribution in [0.3, 0.4) is 0 Å². The summed E-state index contributed by atoms with van der Waals surface area (Å²) in [7, 11) is 0. The number of pyridine rings is 1. The van der Waals surface area contributed by atoms with Crippen molar-refractivity contribution in [2.24, 2.45) is 0 Å². The van der Waals surface area contributed by atoms with Crippen molar-refractivity contribution in [1.29, 1.82) is 0 Å². The highest BCUT2D eigenvalue weighted by Crippen LogP contribution is 2.20. The summed E-state index contributed by atoms with van der Waals surface area (Å²) in [5, 5.41) is 9.00. The number of aromatic nitrogens is 1. The topological polar surface area (TPSA) is 59.3 Å². The summed E-state index contributed by atoms with van der Waals surface area (Å²) in [5.74, 6) is -1.75. The monoisotopic (exact) mass is 267 g/mol. The van der Waals surface area contributed by atoms with Gasteiger partial charge in [-0.25, -0.2) is 9.18 Å². The van der Waals surface area contributed by atoms with E-state index in [9.17, 15) is 14.0 Å². The van der Waals surface area contributed by atoms with Gasteiger partial charge in [0.1, 0.15) is 5.82 Å². The molecule has 0 saturated heterocycles. The Balaban J connectivity index is 2.70. The van der Waals surface area contributed by atoms with Crippen molar-refractivity contribution in [1.82, 2.24) is 4.57 Å². The molecule has 1 N–H and O–H groups in total. The quantitative estimate of drug-likeness (QED) is 0.908. The second kappa shape index (κ2) is 4.62. The fourth-order valence-electron chi connectivity index (χ4n) is 1.47. The molecule has 92 valence electrons. The van der Waals surface area contributed by atoms with Crippen LogP contribution in [0.4, 0.5) is 4.39 Å². The number of halogens is 2. The summed E-state index contributed by atoms with van der Waals surface area (Å²) >= 11 is 5.86. The van der Waals surface area contributed by atoms with Gasteiger partial charge in [0.2, 0.25) is 0 Å². The van der Waals surface area contributed by atoms with E-state index in [1.807, 2.05) is 0 Å². The molecule has 0 saturated carbocycles. The lowest BCUT2D eigenvalue weighted by molar-refractivity contribution is 0.0696. The Bertz CT molecular complexity index is 681. The average molecular weight is 268 g/mol. The zero-order valence-corrected chi connectivity index (χ0v) is 9.69. The van der Waals surface area contributed by atoms with Crippen molar-refractivity contribution in [2.45, 2.75) is 0 Å². The summed E-state index contributed by atoms with van der Waals surface area (Å²) in [6.07, 6.45) is 1.10. The third kappa shape index (κ3) is 2.26. The van der Waals surface area contributed by atoms with E-state index >= 15 is 0 Å². The number of hydrogen-bond donors (Lipinski definition) is 1. The lowest BCUT2D eigenvalue weighted by Gasteiger charge is -2.08. The molecule has 0 aliphatic heterocycles. The van der Waals surface area contributed by atoms with Gasteiger partial charge in [0.05, 0.1) is 16.3 Å². The second-order valence-electron chi connectivity index (χ2n) is 3.53. The third-order valence-electron chi connectivity index (χ3n) is 2.33. The first-order valence-corrected chi connectivity index (χ1v) is 5.28. The molecule has 6 heteroatoms. The largest absolute Gasteiger partial charge is 0.478 e. The van der Waals surface area contributed by atoms with Crippen LogP contribution >= 0.6 is 11.6 Å². The number of carbonyl (C=O) groups is 1. The van der Waals surface area contributed by atoms with E-state index in [-0.39, 0.29) is 16.3 Å². The van der Waals surface area contributed by atoms with Crippen LogP contribution in [0.25, 0.3) is 5.69 Å². The highest BCUT2D eigenvalue weighted by atomic mass is 35.5. The molecule has 0 unspecified atom stereocenters. The fraction of sp³-hybridized carbons (Fsp3) is 0. The van der Waals surface area contributed by atoms with Gasteiger partial charge in [-0.3, -0.25) is 9.36 Å². The maximum atomic E-state index is 13.1. The number of benzene rings is 1. The van der Waals surface area contributed by atoms with Gasteiger partial charge < -0.3 is 5.11 Å². The first kappa shape index (κ1) is 12.3. The zero-order chi connectivity index (χ0) is 13.3. The highest BCUT2D eigenvalue weighted by molar-refractivity contribution is 6.32. The molecule has 2 aromatic rings. The Kier molecular flexibility index (Phi) is 3.16. The summed E-state index contributed by atoms with van der Waals surface area (Å²) < 4.78 is 14.1. The maximum Gasteiger partial charge on any atom is 0.337 e. The van der Waals surface area contributed by atoms with E-state index in [1.54, 1.807) is 0 Å². The van der Waals surface area contributed by atoms with Crippen LogP contribution in [0.15, 0.2) is 41.3 Å². The Morgan fingerprint density at radius 1 is 1.28 bits per heavy atom. The van der Waals surface area contributed by atoms with E-state index in [2.05, 4.69) is 0 Å². The van der Waals surface area contributed by atoms with Gasteiger partial charge in [-0.1, -0.05) is 11.6 Å². The molecular weight excluding hydrogens is 261 g/mol. The van der Waals surface area contributed by atoms with Gasteiger partial charge in [0.25, 0.3) is 5.56 Å². The molecule has 1 aromatic heterocycles. The number of aromatic carboxylic acids is 1. The molecule has 0 fully saturated rings. The van der Waals surface area contributed by atoms with E-state index in [1.165, 1.54) is 12.1 Å². The van der Waals surface area contributed by atoms with Crippen LogP contribution in [0.1, 0.15) is 10.4 Å². The third-order valence-corrected chi connectivity index (χ3v) is 2.65. The second-order valence-corrected chi connectivity index (χ2v) is 3.93. The van der Waals surface area contributed by atoms with Crippen molar-refractivity contribution in [3.8, 4) is 5.69 Å².